The molecule has 2 aromatic rings. The third-order valence-corrected chi connectivity index (χ3v) is 5.55. The molecular weight excluding hydrogens is 284 g/mol. The van der Waals surface area contributed by atoms with Crippen LogP contribution in [0.1, 0.15) is 37.7 Å². The van der Waals surface area contributed by atoms with E-state index in [0.29, 0.717) is 18.0 Å². The van der Waals surface area contributed by atoms with Crippen LogP contribution in [-0.4, -0.2) is 36.0 Å². The molecule has 1 N–H and O–H groups in total. The number of carbonyl (C=O) groups is 1. The van der Waals surface area contributed by atoms with Crippen molar-refractivity contribution in [2.45, 2.75) is 44.2 Å². The lowest BCUT2D eigenvalue weighted by molar-refractivity contribution is -0.135. The van der Waals surface area contributed by atoms with Crippen molar-refractivity contribution in [3.63, 3.8) is 0 Å². The van der Waals surface area contributed by atoms with Gasteiger partial charge in [0.15, 0.2) is 0 Å². The third-order valence-electron chi connectivity index (χ3n) is 5.55. The van der Waals surface area contributed by atoms with E-state index in [1.807, 2.05) is 0 Å². The molecule has 2 bridgehead atoms. The zero-order chi connectivity index (χ0) is 15.8. The van der Waals surface area contributed by atoms with Crippen molar-refractivity contribution < 1.29 is 4.79 Å². The van der Waals surface area contributed by atoms with Crippen LogP contribution < -0.4 is 5.32 Å². The molecule has 0 radical (unpaired) electrons. The highest BCUT2D eigenvalue weighted by Crippen LogP contribution is 2.32. The molecule has 2 heterocycles. The average Bonchev–Trinajstić information content (AvgIpc) is 2.86. The van der Waals surface area contributed by atoms with Crippen LogP contribution in [0.2, 0.25) is 0 Å². The SMILES string of the molecule is CC(C(=O)N1C2CCNCC1CC2)c1ccc2ccccc2c1. The van der Waals surface area contributed by atoms with Gasteiger partial charge in [0.2, 0.25) is 5.91 Å². The fourth-order valence-corrected chi connectivity index (χ4v) is 4.19. The minimum Gasteiger partial charge on any atom is -0.335 e. The van der Waals surface area contributed by atoms with Crippen molar-refractivity contribution in [1.82, 2.24) is 10.2 Å². The maximum Gasteiger partial charge on any atom is 0.230 e. The van der Waals surface area contributed by atoms with Crippen LogP contribution in [0.3, 0.4) is 0 Å². The molecule has 3 atom stereocenters. The highest BCUT2D eigenvalue weighted by atomic mass is 16.2. The first kappa shape index (κ1) is 14.7. The summed E-state index contributed by atoms with van der Waals surface area (Å²) in [4.78, 5) is 15.3. The number of hydrogen-bond acceptors (Lipinski definition) is 2. The molecule has 3 heteroatoms. The topological polar surface area (TPSA) is 32.3 Å². The second kappa shape index (κ2) is 5.97. The standard InChI is InChI=1S/C20H24N2O/c1-14(16-7-6-15-4-2-3-5-17(15)12-16)20(23)22-18-8-9-19(22)13-21-11-10-18/h2-7,12,14,18-19,21H,8-11,13H2,1H3. The van der Waals surface area contributed by atoms with Crippen LogP contribution in [-0.2, 0) is 4.79 Å². The molecule has 4 rings (SSSR count). The van der Waals surface area contributed by atoms with E-state index in [0.717, 1.165) is 31.5 Å². The molecule has 2 saturated heterocycles. The van der Waals surface area contributed by atoms with Crippen LogP contribution in [0.15, 0.2) is 42.5 Å². The Morgan fingerprint density at radius 1 is 1.09 bits per heavy atom. The van der Waals surface area contributed by atoms with Crippen molar-refractivity contribution in [3.8, 4) is 0 Å². The number of carbonyl (C=O) groups excluding carboxylic acids is 1. The zero-order valence-corrected chi connectivity index (χ0v) is 13.7. The Morgan fingerprint density at radius 3 is 2.74 bits per heavy atom. The summed E-state index contributed by atoms with van der Waals surface area (Å²) in [5.41, 5.74) is 1.13. The van der Waals surface area contributed by atoms with E-state index in [2.05, 4.69) is 59.6 Å². The fraction of sp³-hybridized carbons (Fsp3) is 0.450. The first-order valence-corrected chi connectivity index (χ1v) is 8.75. The number of amides is 1. The van der Waals surface area contributed by atoms with E-state index >= 15 is 0 Å². The fourth-order valence-electron chi connectivity index (χ4n) is 4.19. The van der Waals surface area contributed by atoms with Crippen LogP contribution >= 0.6 is 0 Å². The number of nitrogens with one attached hydrogen (secondary N) is 1. The van der Waals surface area contributed by atoms with E-state index < -0.39 is 0 Å². The molecule has 2 aromatic carbocycles. The molecule has 3 nitrogen and oxygen atoms in total. The van der Waals surface area contributed by atoms with Gasteiger partial charge in [-0.2, -0.15) is 0 Å². The summed E-state index contributed by atoms with van der Waals surface area (Å²) in [7, 11) is 0. The summed E-state index contributed by atoms with van der Waals surface area (Å²) < 4.78 is 0. The normalized spacial score (nSPS) is 25.3. The Hall–Kier alpha value is -1.87. The predicted octanol–water partition coefficient (Wildman–Crippen LogP) is 3.30. The van der Waals surface area contributed by atoms with E-state index in [1.165, 1.54) is 17.2 Å². The van der Waals surface area contributed by atoms with E-state index in [1.54, 1.807) is 0 Å². The summed E-state index contributed by atoms with van der Waals surface area (Å²) in [6, 6.07) is 15.6. The highest BCUT2D eigenvalue weighted by Gasteiger charge is 2.39. The van der Waals surface area contributed by atoms with Crippen LogP contribution in [0.5, 0.6) is 0 Å². The largest absolute Gasteiger partial charge is 0.335 e. The van der Waals surface area contributed by atoms with Gasteiger partial charge in [-0.05, 0) is 49.1 Å². The number of nitrogens with zero attached hydrogens (tertiary/aromatic N) is 1. The van der Waals surface area contributed by atoms with Crippen molar-refractivity contribution in [2.75, 3.05) is 13.1 Å². The summed E-state index contributed by atoms with van der Waals surface area (Å²) in [6.45, 7) is 4.05. The van der Waals surface area contributed by atoms with Crippen molar-refractivity contribution >= 4 is 16.7 Å². The minimum absolute atomic E-state index is 0.0687. The van der Waals surface area contributed by atoms with E-state index in [-0.39, 0.29) is 5.92 Å². The molecular formula is C20H24N2O. The Bertz CT molecular complexity index is 712. The molecule has 0 saturated carbocycles. The van der Waals surface area contributed by atoms with Crippen LogP contribution in [0, 0.1) is 0 Å². The quantitative estimate of drug-likeness (QED) is 0.923. The smallest absolute Gasteiger partial charge is 0.230 e. The summed E-state index contributed by atoms with van der Waals surface area (Å²) in [5.74, 6) is 0.234. The van der Waals surface area contributed by atoms with Gasteiger partial charge < -0.3 is 10.2 Å². The minimum atomic E-state index is -0.0687. The first-order chi connectivity index (χ1) is 11.2. The van der Waals surface area contributed by atoms with Gasteiger partial charge >= 0.3 is 0 Å². The Kier molecular flexibility index (Phi) is 3.82. The molecule has 1 amide bonds. The molecule has 0 aromatic heterocycles. The molecule has 0 aliphatic carbocycles. The molecule has 3 unspecified atom stereocenters. The molecule has 120 valence electrons. The van der Waals surface area contributed by atoms with E-state index in [4.69, 9.17) is 0 Å². The molecule has 23 heavy (non-hydrogen) atoms. The summed E-state index contributed by atoms with van der Waals surface area (Å²) >= 11 is 0. The lowest BCUT2D eigenvalue weighted by Gasteiger charge is -2.30. The molecule has 0 spiro atoms. The monoisotopic (exact) mass is 308 g/mol. The van der Waals surface area contributed by atoms with Crippen LogP contribution in [0.25, 0.3) is 10.8 Å². The van der Waals surface area contributed by atoms with Gasteiger partial charge in [-0.15, -0.1) is 0 Å². The van der Waals surface area contributed by atoms with Crippen molar-refractivity contribution in [1.29, 1.82) is 0 Å². The van der Waals surface area contributed by atoms with Gasteiger partial charge in [-0.1, -0.05) is 42.5 Å². The Labute approximate surface area is 137 Å². The van der Waals surface area contributed by atoms with Gasteiger partial charge in [0.05, 0.1) is 5.92 Å². The zero-order valence-electron chi connectivity index (χ0n) is 13.7. The Morgan fingerprint density at radius 2 is 1.87 bits per heavy atom. The second-order valence-corrected chi connectivity index (χ2v) is 6.95. The van der Waals surface area contributed by atoms with Gasteiger partial charge in [0.1, 0.15) is 0 Å². The van der Waals surface area contributed by atoms with Gasteiger partial charge in [-0.25, -0.2) is 0 Å². The predicted molar refractivity (Wildman–Crippen MR) is 93.5 cm³/mol. The maximum absolute atomic E-state index is 13.1. The molecule has 2 aliphatic heterocycles. The highest BCUT2D eigenvalue weighted by molar-refractivity contribution is 5.88. The second-order valence-electron chi connectivity index (χ2n) is 6.95. The maximum atomic E-state index is 13.1. The third kappa shape index (κ3) is 2.63. The van der Waals surface area contributed by atoms with Crippen molar-refractivity contribution in [2.24, 2.45) is 0 Å². The number of fused-ring (bicyclic) bond motifs is 3. The lowest BCUT2D eigenvalue weighted by atomic mass is 9.96. The lowest BCUT2D eigenvalue weighted by Crippen LogP contribution is -2.44. The average molecular weight is 308 g/mol. The van der Waals surface area contributed by atoms with Crippen LogP contribution in [0.4, 0.5) is 0 Å². The van der Waals surface area contributed by atoms with Gasteiger partial charge in [-0.3, -0.25) is 4.79 Å². The van der Waals surface area contributed by atoms with E-state index in [9.17, 15) is 4.79 Å². The summed E-state index contributed by atoms with van der Waals surface area (Å²) in [5, 5.41) is 5.92. The number of hydrogen-bond donors (Lipinski definition) is 1. The first-order valence-electron chi connectivity index (χ1n) is 8.75. The van der Waals surface area contributed by atoms with Crippen molar-refractivity contribution in [3.05, 3.63) is 48.0 Å². The van der Waals surface area contributed by atoms with Gasteiger partial charge in [0, 0.05) is 18.6 Å². The van der Waals surface area contributed by atoms with Gasteiger partial charge in [0.25, 0.3) is 0 Å². The molecule has 2 aliphatic rings. The number of rotatable bonds is 2. The Balaban J connectivity index is 1.61. The summed E-state index contributed by atoms with van der Waals surface area (Å²) in [6.07, 6.45) is 3.41. The molecule has 2 fully saturated rings. The number of benzene rings is 2.